The summed E-state index contributed by atoms with van der Waals surface area (Å²) in [7, 11) is 3.56. The van der Waals surface area contributed by atoms with Crippen LogP contribution in [0.5, 0.6) is 11.5 Å². The second-order valence-electron chi connectivity index (χ2n) is 8.79. The van der Waals surface area contributed by atoms with Crippen LogP contribution in [0.1, 0.15) is 71.8 Å². The smallest absolute Gasteiger partial charge is 0.308 e. The molecule has 202 valence electrons. The zero-order valence-corrected chi connectivity index (χ0v) is 23.0. The van der Waals surface area contributed by atoms with Crippen molar-refractivity contribution < 1.29 is 34.0 Å². The number of hydrogen-bond acceptors (Lipinski definition) is 9. The lowest BCUT2D eigenvalue weighted by molar-refractivity contribution is -0.176. The van der Waals surface area contributed by atoms with Crippen molar-refractivity contribution in [1.29, 1.82) is 0 Å². The molecule has 0 fully saturated rings. The van der Waals surface area contributed by atoms with Crippen molar-refractivity contribution in [2.75, 3.05) is 20.8 Å². The lowest BCUT2D eigenvalue weighted by atomic mass is 10.0. The van der Waals surface area contributed by atoms with Crippen molar-refractivity contribution in [2.45, 2.75) is 90.3 Å². The van der Waals surface area contributed by atoms with Crippen LogP contribution >= 0.6 is 12.6 Å². The van der Waals surface area contributed by atoms with Crippen LogP contribution < -0.4 is 4.74 Å². The van der Waals surface area contributed by atoms with Crippen LogP contribution in [0.25, 0.3) is 0 Å². The molecule has 0 spiro atoms. The maximum Gasteiger partial charge on any atom is 0.308 e. The van der Waals surface area contributed by atoms with Gasteiger partial charge >= 0.3 is 5.97 Å². The zero-order valence-electron chi connectivity index (χ0n) is 22.1. The third-order valence-electron chi connectivity index (χ3n) is 5.85. The molecule has 0 aliphatic rings. The Morgan fingerprint density at radius 3 is 2.43 bits per heavy atom. The highest BCUT2D eigenvalue weighted by Gasteiger charge is 2.17. The van der Waals surface area contributed by atoms with Crippen molar-refractivity contribution in [3.05, 3.63) is 23.8 Å². The number of unbranched alkanes of at least 4 members (excludes halogenated alkanes) is 1. The van der Waals surface area contributed by atoms with Gasteiger partial charge in [-0.2, -0.15) is 12.6 Å². The third kappa shape index (κ3) is 14.9. The molecule has 0 radical (unpaired) electrons. The molecular formula is C26H45NO7S. The predicted octanol–water partition coefficient (Wildman–Crippen LogP) is 4.56. The Morgan fingerprint density at radius 2 is 1.89 bits per heavy atom. The molecule has 1 rings (SSSR count). The third-order valence-corrected chi connectivity index (χ3v) is 6.37. The van der Waals surface area contributed by atoms with Gasteiger partial charge in [0.25, 0.3) is 6.47 Å². The van der Waals surface area contributed by atoms with Crippen LogP contribution in [0, 0.1) is 5.92 Å². The number of phenolic OH excluding ortho intramolecular Hbond substituents is 1. The normalized spacial score (nSPS) is 14.2. The van der Waals surface area contributed by atoms with E-state index in [2.05, 4.69) is 36.1 Å². The number of esters is 1. The number of aliphatic hydroxyl groups excluding tert-OH is 1. The summed E-state index contributed by atoms with van der Waals surface area (Å²) < 4.78 is 14.3. The van der Waals surface area contributed by atoms with Crippen molar-refractivity contribution in [3.63, 3.8) is 0 Å². The number of methoxy groups -OCH3 is 1. The van der Waals surface area contributed by atoms with Gasteiger partial charge in [-0.1, -0.05) is 32.8 Å². The largest absolute Gasteiger partial charge is 0.507 e. The Kier molecular flexibility index (Phi) is 18.2. The first-order valence-electron chi connectivity index (χ1n) is 12.2. The second-order valence-corrected chi connectivity index (χ2v) is 9.52. The summed E-state index contributed by atoms with van der Waals surface area (Å²) in [5.41, 5.74) is 0.857. The lowest BCUT2D eigenvalue weighted by Crippen LogP contribution is -2.35. The van der Waals surface area contributed by atoms with Crippen molar-refractivity contribution in [3.8, 4) is 11.5 Å². The van der Waals surface area contributed by atoms with Gasteiger partial charge in [0, 0.05) is 49.4 Å². The molecule has 1 aromatic rings. The monoisotopic (exact) mass is 515 g/mol. The number of phenols is 1. The van der Waals surface area contributed by atoms with E-state index in [1.54, 1.807) is 13.2 Å². The molecule has 0 aliphatic heterocycles. The van der Waals surface area contributed by atoms with Crippen molar-refractivity contribution in [2.24, 2.45) is 5.92 Å². The van der Waals surface area contributed by atoms with Crippen molar-refractivity contribution >= 4 is 25.1 Å². The molecule has 4 unspecified atom stereocenters. The van der Waals surface area contributed by atoms with Gasteiger partial charge in [0.1, 0.15) is 11.5 Å². The van der Waals surface area contributed by atoms with Gasteiger partial charge in [0.2, 0.25) is 6.29 Å². The summed E-state index contributed by atoms with van der Waals surface area (Å²) in [6, 6.07) is 5.56. The average molecular weight is 516 g/mol. The summed E-state index contributed by atoms with van der Waals surface area (Å²) in [6.45, 7) is 8.80. The number of aliphatic hydroxyl groups is 1. The van der Waals surface area contributed by atoms with E-state index in [0.29, 0.717) is 24.0 Å². The van der Waals surface area contributed by atoms with Crippen LogP contribution in [0.2, 0.25) is 0 Å². The quantitative estimate of drug-likeness (QED) is 0.0968. The first-order chi connectivity index (χ1) is 16.6. The van der Waals surface area contributed by atoms with Crippen LogP contribution in [-0.2, 0) is 25.6 Å². The number of carbonyl (C=O) groups excluding carboxylic acids is 2. The highest BCUT2D eigenvalue weighted by molar-refractivity contribution is 7.80. The Hall–Kier alpha value is -1.97. The van der Waals surface area contributed by atoms with Crippen molar-refractivity contribution in [1.82, 2.24) is 4.90 Å². The van der Waals surface area contributed by atoms with E-state index in [1.165, 1.54) is 6.92 Å². The molecule has 4 atom stereocenters. The van der Waals surface area contributed by atoms with E-state index in [4.69, 9.17) is 14.6 Å². The summed E-state index contributed by atoms with van der Waals surface area (Å²) in [6.07, 6.45) is 4.58. The number of ether oxygens (including phenoxy) is 3. The van der Waals surface area contributed by atoms with Gasteiger partial charge in [0.05, 0.1) is 7.11 Å². The van der Waals surface area contributed by atoms with Gasteiger partial charge in [-0.05, 0) is 45.2 Å². The molecule has 0 bridgehead atoms. The number of aromatic hydroxyl groups is 1. The van der Waals surface area contributed by atoms with E-state index in [0.717, 1.165) is 37.7 Å². The Labute approximate surface area is 216 Å². The Balaban J connectivity index is 0.000000662. The van der Waals surface area contributed by atoms with Gasteiger partial charge in [-0.15, -0.1) is 0 Å². The number of hydrogen-bond donors (Lipinski definition) is 3. The highest BCUT2D eigenvalue weighted by atomic mass is 32.1. The van der Waals surface area contributed by atoms with E-state index in [-0.39, 0.29) is 36.8 Å². The summed E-state index contributed by atoms with van der Waals surface area (Å²) in [5, 5.41) is 19.5. The first-order valence-corrected chi connectivity index (χ1v) is 12.7. The number of thiol groups is 1. The lowest BCUT2D eigenvalue weighted by Gasteiger charge is -2.29. The fourth-order valence-corrected chi connectivity index (χ4v) is 3.72. The topological polar surface area (TPSA) is 106 Å². The summed E-state index contributed by atoms with van der Waals surface area (Å²) >= 11 is 4.44. The van der Waals surface area contributed by atoms with Gasteiger partial charge in [-0.3, -0.25) is 14.5 Å². The maximum atomic E-state index is 11.3. The number of carbonyl (C=O) groups is 2. The zero-order chi connectivity index (χ0) is 26.8. The number of rotatable bonds is 16. The Morgan fingerprint density at radius 1 is 1.20 bits per heavy atom. The standard InChI is InChI=1S/C14H23NO3.C12H22O4S/c1-10(9-16)11(2)15(3)8-12-5-6-13(18-4)7-14(12)17;1-3-6-11(17)7-4-5-8-12(14)16-10(2)15-9-13/h5-7,10-11,16-17H,8-9H2,1-4H3;9-11,17H,3-8H2,1-2H3. The van der Waals surface area contributed by atoms with E-state index < -0.39 is 6.29 Å². The van der Waals surface area contributed by atoms with E-state index >= 15 is 0 Å². The van der Waals surface area contributed by atoms with Crippen LogP contribution in [0.15, 0.2) is 18.2 Å². The highest BCUT2D eigenvalue weighted by Crippen LogP contribution is 2.25. The number of benzene rings is 1. The molecule has 0 aliphatic carbocycles. The summed E-state index contributed by atoms with van der Waals surface area (Å²) in [5.74, 6) is 0.765. The summed E-state index contributed by atoms with van der Waals surface area (Å²) in [4.78, 5) is 23.3. The van der Waals surface area contributed by atoms with Gasteiger partial charge in [0.15, 0.2) is 0 Å². The number of nitrogens with zero attached hydrogens (tertiary/aromatic N) is 1. The van der Waals surface area contributed by atoms with Crippen LogP contribution in [0.4, 0.5) is 0 Å². The molecule has 1 aromatic carbocycles. The Bertz CT molecular complexity index is 719. The molecule has 0 amide bonds. The van der Waals surface area contributed by atoms with E-state index in [1.807, 2.05) is 26.1 Å². The molecule has 35 heavy (non-hydrogen) atoms. The second kappa shape index (κ2) is 19.2. The fraction of sp³-hybridized carbons (Fsp3) is 0.692. The molecule has 0 saturated heterocycles. The minimum atomic E-state index is -0.794. The molecular weight excluding hydrogens is 470 g/mol. The molecule has 0 saturated carbocycles. The molecule has 0 heterocycles. The minimum absolute atomic E-state index is 0.167. The maximum absolute atomic E-state index is 11.3. The van der Waals surface area contributed by atoms with E-state index in [9.17, 15) is 14.7 Å². The molecule has 8 nitrogen and oxygen atoms in total. The molecule has 2 N–H and O–H groups in total. The minimum Gasteiger partial charge on any atom is -0.507 e. The van der Waals surface area contributed by atoms with Crippen LogP contribution in [0.3, 0.4) is 0 Å². The first kappa shape index (κ1) is 33.0. The predicted molar refractivity (Wildman–Crippen MR) is 141 cm³/mol. The average Bonchev–Trinajstić information content (AvgIpc) is 2.82. The molecule has 0 aromatic heterocycles. The fourth-order valence-electron chi connectivity index (χ4n) is 3.28. The molecule has 9 heteroatoms. The SMILES string of the molecule is CCCC(S)CCCCC(=O)OC(C)OC=O.COc1ccc(CN(C)C(C)C(C)CO)c(O)c1. The van der Waals surface area contributed by atoms with Gasteiger partial charge in [-0.25, -0.2) is 0 Å². The van der Waals surface area contributed by atoms with Crippen LogP contribution in [-0.4, -0.2) is 65.9 Å². The van der Waals surface area contributed by atoms with Gasteiger partial charge < -0.3 is 24.4 Å².